The molecule has 0 unspecified atom stereocenters. The molecule has 1 nitrogen and oxygen atoms in total. The molecule has 0 radical (unpaired) electrons. The molecule has 0 aromatic rings. The van der Waals surface area contributed by atoms with Crippen LogP contribution in [0.2, 0.25) is 0 Å². The fourth-order valence-electron chi connectivity index (χ4n) is 0.998. The van der Waals surface area contributed by atoms with Crippen LogP contribution in [0.4, 0.5) is 0 Å². The zero-order valence-electron chi connectivity index (χ0n) is 7.10. The molecule has 0 aromatic carbocycles. The van der Waals surface area contributed by atoms with Gasteiger partial charge >= 0.3 is 0 Å². The third-order valence-electron chi connectivity index (χ3n) is 2.04. The minimum absolute atomic E-state index is 0.426. The van der Waals surface area contributed by atoms with Gasteiger partial charge in [0.05, 0.1) is 0 Å². The Bertz CT molecular complexity index is 303. The van der Waals surface area contributed by atoms with Gasteiger partial charge in [0.1, 0.15) is 0 Å². The average molecular weight is 464 g/mol. The molecule has 12 heteroatoms. The summed E-state index contributed by atoms with van der Waals surface area (Å²) in [7, 11) is 0. The van der Waals surface area contributed by atoms with E-state index in [0.717, 1.165) is 0 Å². The van der Waals surface area contributed by atoms with Crippen molar-refractivity contribution < 1.29 is 0 Å². The van der Waals surface area contributed by atoms with E-state index in [9.17, 15) is 0 Å². The molecule has 17 heavy (non-hydrogen) atoms. The smallest absolute Gasteiger partial charge is 0.145 e. The van der Waals surface area contributed by atoms with Gasteiger partial charge in [-0.25, -0.2) is 0 Å². The summed E-state index contributed by atoms with van der Waals surface area (Å²) in [6, 6.07) is 0. The van der Waals surface area contributed by atoms with Gasteiger partial charge in [0.25, 0.3) is 0 Å². The number of nitrogens with zero attached hydrogens (tertiary/aromatic N) is 1. The lowest BCUT2D eigenvalue weighted by molar-refractivity contribution is 0.206. The first kappa shape index (κ1) is 18.2. The molecule has 1 fully saturated rings. The van der Waals surface area contributed by atoms with Crippen molar-refractivity contribution in [3.63, 3.8) is 0 Å². The Morgan fingerprint density at radius 2 is 0.706 bits per heavy atom. The van der Waals surface area contributed by atoms with Crippen molar-refractivity contribution in [1.29, 1.82) is 0 Å². The number of hydrogen-bond acceptors (Lipinski definition) is 1. The second kappa shape index (κ2) is 4.83. The van der Waals surface area contributed by atoms with E-state index < -0.39 is 21.9 Å². The van der Waals surface area contributed by atoms with Gasteiger partial charge in [-0.1, -0.05) is 116 Å². The molecule has 1 saturated heterocycles. The minimum atomic E-state index is -2.33. The monoisotopic (exact) mass is 459 g/mol. The summed E-state index contributed by atoms with van der Waals surface area (Å²) in [5, 5.41) is 0. The summed E-state index contributed by atoms with van der Waals surface area (Å²) in [6.45, 7) is 0. The van der Waals surface area contributed by atoms with Crippen LogP contribution >= 0.6 is 128 Å². The van der Waals surface area contributed by atoms with E-state index in [4.69, 9.17) is 128 Å². The van der Waals surface area contributed by atoms with E-state index in [1.807, 2.05) is 0 Å². The fraction of sp³-hybridized carbons (Fsp3) is 1.00. The summed E-state index contributed by atoms with van der Waals surface area (Å²) in [6.07, 6.45) is 0. The topological polar surface area (TPSA) is 3.24 Å². The van der Waals surface area contributed by atoms with Crippen LogP contribution in [0.5, 0.6) is 0 Å². The average Bonchev–Trinajstić information content (AvgIpc) is 2.13. The maximum Gasteiger partial charge on any atom is 0.222 e. The van der Waals surface area contributed by atoms with Gasteiger partial charge < -0.3 is 0 Å². The van der Waals surface area contributed by atoms with Crippen molar-refractivity contribution in [2.24, 2.45) is 0 Å². The predicted molar refractivity (Wildman–Crippen MR) is 79.9 cm³/mol. The van der Waals surface area contributed by atoms with Gasteiger partial charge in [-0.15, -0.1) is 4.42 Å². The molecule has 0 N–H and O–H groups in total. The summed E-state index contributed by atoms with van der Waals surface area (Å²) in [5.74, 6) is 0. The molecule has 0 spiro atoms. The van der Waals surface area contributed by atoms with Crippen LogP contribution in [-0.2, 0) is 0 Å². The lowest BCUT2D eigenvalue weighted by Crippen LogP contribution is -2.76. The SMILES string of the molecule is ClN1C(Cl)(Cl)C(Cl)(Cl)C(Cl)(Cl)C(Cl)(Cl)C1(Cl)Cl. The van der Waals surface area contributed by atoms with Crippen LogP contribution in [-0.4, -0.2) is 26.3 Å². The first-order valence-electron chi connectivity index (χ1n) is 3.51. The third-order valence-corrected chi connectivity index (χ3v) is 9.61. The molecule has 1 aliphatic heterocycles. The lowest BCUT2D eigenvalue weighted by Gasteiger charge is -2.58. The molecule has 0 amide bonds. The van der Waals surface area contributed by atoms with Crippen molar-refractivity contribution in [2.45, 2.75) is 21.9 Å². The summed E-state index contributed by atoms with van der Waals surface area (Å²) in [4.78, 5) is 0. The van der Waals surface area contributed by atoms with Crippen LogP contribution in [0.15, 0.2) is 0 Å². The number of piperidine rings is 1. The number of rotatable bonds is 0. The first-order valence-corrected chi connectivity index (χ1v) is 7.62. The highest BCUT2D eigenvalue weighted by atomic mass is 35.6. The molecule has 0 atom stereocenters. The van der Waals surface area contributed by atoms with Gasteiger partial charge in [0, 0.05) is 0 Å². The number of alkyl halides is 10. The zero-order chi connectivity index (χ0) is 14.1. The standard InChI is InChI=1S/C5Cl11N/c6-1(7)2(8,9)4(12,13)17(16)5(14,15)3(1,10)11. The molecule has 0 saturated carbocycles. The van der Waals surface area contributed by atoms with Crippen molar-refractivity contribution in [3.8, 4) is 0 Å². The Hall–Kier alpha value is 3.15. The molecular weight excluding hydrogens is 464 g/mol. The van der Waals surface area contributed by atoms with Gasteiger partial charge in [0.2, 0.25) is 17.6 Å². The van der Waals surface area contributed by atoms with Crippen LogP contribution in [0.25, 0.3) is 0 Å². The molecular formula is C5Cl11N. The number of hydrogen-bond donors (Lipinski definition) is 0. The second-order valence-corrected chi connectivity index (χ2v) is 9.98. The molecule has 1 heterocycles. The minimum Gasteiger partial charge on any atom is -0.145 e. The molecule has 102 valence electrons. The highest BCUT2D eigenvalue weighted by Gasteiger charge is 2.82. The normalized spacial score (nSPS) is 33.4. The van der Waals surface area contributed by atoms with Crippen molar-refractivity contribution >= 4 is 128 Å². The highest BCUT2D eigenvalue weighted by Crippen LogP contribution is 2.72. The molecule has 1 aliphatic rings. The van der Waals surface area contributed by atoms with E-state index in [2.05, 4.69) is 0 Å². The van der Waals surface area contributed by atoms with E-state index in [-0.39, 0.29) is 0 Å². The van der Waals surface area contributed by atoms with Crippen LogP contribution in [0.1, 0.15) is 0 Å². The summed E-state index contributed by atoms with van der Waals surface area (Å²) < 4.78 is -11.0. The molecule has 1 rings (SSSR count). The van der Waals surface area contributed by atoms with Crippen molar-refractivity contribution in [3.05, 3.63) is 0 Å². The van der Waals surface area contributed by atoms with Gasteiger partial charge in [-0.2, -0.15) is 0 Å². The quantitative estimate of drug-likeness (QED) is 0.233. The van der Waals surface area contributed by atoms with Crippen molar-refractivity contribution in [1.82, 2.24) is 4.42 Å². The summed E-state index contributed by atoms with van der Waals surface area (Å²) >= 11 is 64.5. The predicted octanol–water partition coefficient (Wildman–Crippen LogP) is 6.24. The highest BCUT2D eigenvalue weighted by molar-refractivity contribution is 6.78. The Balaban J connectivity index is 3.56. The Kier molecular flexibility index (Phi) is 5.17. The van der Waals surface area contributed by atoms with Crippen molar-refractivity contribution in [2.75, 3.05) is 0 Å². The van der Waals surface area contributed by atoms with Crippen LogP contribution in [0, 0.1) is 0 Å². The summed E-state index contributed by atoms with van der Waals surface area (Å²) in [5.41, 5.74) is 0. The Morgan fingerprint density at radius 1 is 0.471 bits per heavy atom. The molecule has 0 bridgehead atoms. The van der Waals surface area contributed by atoms with Crippen LogP contribution < -0.4 is 0 Å². The van der Waals surface area contributed by atoms with E-state index >= 15 is 0 Å². The lowest BCUT2D eigenvalue weighted by atomic mass is 10.1. The Labute approximate surface area is 152 Å². The number of halogens is 11. The second-order valence-electron chi connectivity index (χ2n) is 3.09. The largest absolute Gasteiger partial charge is 0.222 e. The fourth-order valence-corrected chi connectivity index (χ4v) is 4.70. The van der Waals surface area contributed by atoms with Gasteiger partial charge in [-0.3, -0.25) is 0 Å². The van der Waals surface area contributed by atoms with Gasteiger partial charge in [0.15, 0.2) is 4.33 Å². The maximum absolute atomic E-state index is 5.90. The molecule has 0 aliphatic carbocycles. The maximum atomic E-state index is 5.90. The zero-order valence-corrected chi connectivity index (χ0v) is 15.4. The van der Waals surface area contributed by atoms with Gasteiger partial charge in [-0.05, 0) is 11.8 Å². The molecule has 0 aromatic heterocycles. The van der Waals surface area contributed by atoms with Crippen LogP contribution in [0.3, 0.4) is 0 Å². The third kappa shape index (κ3) is 2.15. The van der Waals surface area contributed by atoms with E-state index in [1.54, 1.807) is 0 Å². The van der Waals surface area contributed by atoms with E-state index in [1.165, 1.54) is 0 Å². The van der Waals surface area contributed by atoms with E-state index in [0.29, 0.717) is 4.42 Å². The Morgan fingerprint density at radius 3 is 0.941 bits per heavy atom. The first-order chi connectivity index (χ1) is 7.15.